The number of hydrogen-bond acceptors (Lipinski definition) is 3. The van der Waals surface area contributed by atoms with E-state index in [1.807, 2.05) is 32.0 Å². The van der Waals surface area contributed by atoms with Crippen LogP contribution in [0.4, 0.5) is 0 Å². The van der Waals surface area contributed by atoms with Crippen molar-refractivity contribution < 1.29 is 14.4 Å². The molecule has 0 aromatic heterocycles. The lowest BCUT2D eigenvalue weighted by Gasteiger charge is -2.21. The fourth-order valence-corrected chi connectivity index (χ4v) is 3.80. The Labute approximate surface area is 146 Å². The zero-order chi connectivity index (χ0) is 17.7. The normalized spacial score (nSPS) is 18.7. The van der Waals surface area contributed by atoms with Crippen LogP contribution < -0.4 is 0 Å². The fraction of sp³-hybridized carbons (Fsp3) is 0.286. The minimum Gasteiger partial charge on any atom is -0.294 e. The molecule has 2 aliphatic rings. The lowest BCUT2D eigenvalue weighted by atomic mass is 9.98. The second-order valence-electron chi connectivity index (χ2n) is 7.09. The zero-order valence-corrected chi connectivity index (χ0v) is 14.3. The van der Waals surface area contributed by atoms with Crippen LogP contribution in [-0.4, -0.2) is 28.5 Å². The number of carbonyl (C=O) groups excluding carboxylic acids is 3. The molecule has 1 unspecified atom stereocenters. The van der Waals surface area contributed by atoms with E-state index < -0.39 is 0 Å². The Morgan fingerprint density at radius 2 is 1.56 bits per heavy atom. The molecular formula is C21H19NO3. The largest absolute Gasteiger partial charge is 0.294 e. The molecular weight excluding hydrogens is 314 g/mol. The average Bonchev–Trinajstić information content (AvgIpc) is 3.13. The maximum Gasteiger partial charge on any atom is 0.261 e. The van der Waals surface area contributed by atoms with Gasteiger partial charge in [-0.15, -0.1) is 0 Å². The van der Waals surface area contributed by atoms with Gasteiger partial charge in [-0.2, -0.15) is 0 Å². The highest BCUT2D eigenvalue weighted by Gasteiger charge is 2.41. The van der Waals surface area contributed by atoms with Crippen LogP contribution in [-0.2, 0) is 12.8 Å². The second-order valence-corrected chi connectivity index (χ2v) is 7.09. The fourth-order valence-electron chi connectivity index (χ4n) is 3.80. The predicted octanol–water partition coefficient (Wildman–Crippen LogP) is 3.29. The van der Waals surface area contributed by atoms with Gasteiger partial charge in [0.25, 0.3) is 11.8 Å². The molecule has 4 rings (SSSR count). The number of fused-ring (bicyclic) bond motifs is 2. The van der Waals surface area contributed by atoms with Crippen molar-refractivity contribution in [1.82, 2.24) is 4.90 Å². The number of nitrogens with zero attached hydrogens (tertiary/aromatic N) is 1. The smallest absolute Gasteiger partial charge is 0.261 e. The molecule has 1 heterocycles. The molecule has 2 amide bonds. The van der Waals surface area contributed by atoms with Gasteiger partial charge in [0.15, 0.2) is 5.78 Å². The van der Waals surface area contributed by atoms with E-state index in [9.17, 15) is 14.4 Å². The van der Waals surface area contributed by atoms with Gasteiger partial charge in [-0.25, -0.2) is 0 Å². The third-order valence-electron chi connectivity index (χ3n) is 5.12. The van der Waals surface area contributed by atoms with Gasteiger partial charge in [-0.1, -0.05) is 38.1 Å². The maximum atomic E-state index is 12.7. The topological polar surface area (TPSA) is 54.5 Å². The number of hydrogen-bond donors (Lipinski definition) is 0. The van der Waals surface area contributed by atoms with Crippen LogP contribution in [0.15, 0.2) is 42.5 Å². The number of ketones is 1. The first-order chi connectivity index (χ1) is 12.0. The second kappa shape index (κ2) is 5.66. The summed E-state index contributed by atoms with van der Waals surface area (Å²) in [5.41, 5.74) is 3.85. The third-order valence-corrected chi connectivity index (χ3v) is 5.12. The molecule has 0 saturated carbocycles. The van der Waals surface area contributed by atoms with Crippen molar-refractivity contribution in [2.45, 2.75) is 32.7 Å². The highest BCUT2D eigenvalue weighted by atomic mass is 16.2. The van der Waals surface area contributed by atoms with Crippen molar-refractivity contribution in [3.8, 4) is 0 Å². The van der Waals surface area contributed by atoms with Crippen molar-refractivity contribution in [2.24, 2.45) is 5.92 Å². The molecule has 1 aliphatic heterocycles. The number of imide groups is 1. The van der Waals surface area contributed by atoms with Crippen LogP contribution in [0, 0.1) is 5.92 Å². The molecule has 4 nitrogen and oxygen atoms in total. The lowest BCUT2D eigenvalue weighted by molar-refractivity contribution is 0.0590. The minimum absolute atomic E-state index is 0.0495. The summed E-state index contributed by atoms with van der Waals surface area (Å²) in [7, 11) is 0. The summed E-state index contributed by atoms with van der Waals surface area (Å²) in [5.74, 6) is -0.354. The Morgan fingerprint density at radius 3 is 2.16 bits per heavy atom. The van der Waals surface area contributed by atoms with Gasteiger partial charge in [-0.05, 0) is 42.2 Å². The first-order valence-electron chi connectivity index (χ1n) is 8.60. The summed E-state index contributed by atoms with van der Waals surface area (Å²) >= 11 is 0. The highest BCUT2D eigenvalue weighted by molar-refractivity contribution is 6.21. The van der Waals surface area contributed by atoms with Crippen molar-refractivity contribution in [2.75, 3.05) is 0 Å². The summed E-state index contributed by atoms with van der Waals surface area (Å²) in [4.78, 5) is 38.9. The molecule has 0 spiro atoms. The van der Waals surface area contributed by atoms with Crippen molar-refractivity contribution in [1.29, 1.82) is 0 Å². The van der Waals surface area contributed by atoms with E-state index in [1.165, 1.54) is 4.90 Å². The van der Waals surface area contributed by atoms with Crippen molar-refractivity contribution in [3.05, 3.63) is 70.3 Å². The number of benzene rings is 2. The maximum absolute atomic E-state index is 12.7. The van der Waals surface area contributed by atoms with Crippen LogP contribution in [0.5, 0.6) is 0 Å². The average molecular weight is 333 g/mol. The number of rotatable bonds is 3. The molecule has 0 saturated heterocycles. The molecule has 1 atom stereocenters. The number of carbonyl (C=O) groups is 3. The Morgan fingerprint density at radius 1 is 0.960 bits per heavy atom. The summed E-state index contributed by atoms with van der Waals surface area (Å²) < 4.78 is 0. The summed E-state index contributed by atoms with van der Waals surface area (Å²) in [6.07, 6.45) is 1.26. The Hall–Kier alpha value is -2.75. The zero-order valence-electron chi connectivity index (χ0n) is 14.3. The molecule has 1 aliphatic carbocycles. The molecule has 0 bridgehead atoms. The standard InChI is InChI=1S/C21H19NO3/c1-12(2)19(23)14-8-7-13-10-16(11-15(13)9-14)22-20(24)17-5-3-4-6-18(17)21(22)25/h3-9,12,16H,10-11H2,1-2H3. The van der Waals surface area contributed by atoms with Crippen LogP contribution in [0.3, 0.4) is 0 Å². The van der Waals surface area contributed by atoms with Crippen LogP contribution in [0.2, 0.25) is 0 Å². The molecule has 0 N–H and O–H groups in total. The van der Waals surface area contributed by atoms with E-state index in [-0.39, 0.29) is 29.6 Å². The molecule has 0 radical (unpaired) electrons. The molecule has 126 valence electrons. The van der Waals surface area contributed by atoms with E-state index in [2.05, 4.69) is 0 Å². The Kier molecular flexibility index (Phi) is 3.57. The van der Waals surface area contributed by atoms with Crippen LogP contribution >= 0.6 is 0 Å². The van der Waals surface area contributed by atoms with Gasteiger partial charge >= 0.3 is 0 Å². The summed E-state index contributed by atoms with van der Waals surface area (Å²) in [6, 6.07) is 12.5. The van der Waals surface area contributed by atoms with Crippen molar-refractivity contribution in [3.63, 3.8) is 0 Å². The molecule has 0 fully saturated rings. The first-order valence-corrected chi connectivity index (χ1v) is 8.60. The number of amides is 2. The predicted molar refractivity (Wildman–Crippen MR) is 93.7 cm³/mol. The van der Waals surface area contributed by atoms with E-state index in [0.29, 0.717) is 29.5 Å². The van der Waals surface area contributed by atoms with E-state index >= 15 is 0 Å². The first kappa shape index (κ1) is 15.8. The SMILES string of the molecule is CC(C)C(=O)c1ccc2c(c1)CC(N1C(=O)c3ccccc3C1=O)C2. The Balaban J connectivity index is 1.62. The molecule has 4 heteroatoms. The van der Waals surface area contributed by atoms with E-state index in [4.69, 9.17) is 0 Å². The molecule has 2 aromatic rings. The minimum atomic E-state index is -0.211. The van der Waals surface area contributed by atoms with Gasteiger partial charge in [0.1, 0.15) is 0 Å². The van der Waals surface area contributed by atoms with Crippen LogP contribution in [0.25, 0.3) is 0 Å². The van der Waals surface area contributed by atoms with E-state index in [1.54, 1.807) is 24.3 Å². The third kappa shape index (κ3) is 2.40. The lowest BCUT2D eigenvalue weighted by Crippen LogP contribution is -2.40. The quantitative estimate of drug-likeness (QED) is 0.640. The van der Waals surface area contributed by atoms with Crippen LogP contribution in [0.1, 0.15) is 56.0 Å². The van der Waals surface area contributed by atoms with E-state index in [0.717, 1.165) is 11.1 Å². The van der Waals surface area contributed by atoms with Gasteiger partial charge in [0.05, 0.1) is 11.1 Å². The Bertz CT molecular complexity index is 878. The van der Waals surface area contributed by atoms with Gasteiger partial charge in [0, 0.05) is 17.5 Å². The molecule has 25 heavy (non-hydrogen) atoms. The highest BCUT2D eigenvalue weighted by Crippen LogP contribution is 2.32. The van der Waals surface area contributed by atoms with Gasteiger partial charge < -0.3 is 0 Å². The summed E-state index contributed by atoms with van der Waals surface area (Å²) in [6.45, 7) is 3.77. The monoisotopic (exact) mass is 333 g/mol. The van der Waals surface area contributed by atoms with Gasteiger partial charge in [-0.3, -0.25) is 19.3 Å². The van der Waals surface area contributed by atoms with Gasteiger partial charge in [0.2, 0.25) is 0 Å². The van der Waals surface area contributed by atoms with Crippen molar-refractivity contribution >= 4 is 17.6 Å². The molecule has 2 aromatic carbocycles. The summed E-state index contributed by atoms with van der Waals surface area (Å²) in [5, 5.41) is 0. The number of Topliss-reactive ketones (excluding diaryl/α,β-unsaturated/α-hetero) is 1.